The molecule has 0 aliphatic carbocycles. The van der Waals surface area contributed by atoms with E-state index in [4.69, 9.17) is 4.74 Å². The van der Waals surface area contributed by atoms with Gasteiger partial charge >= 0.3 is 0 Å². The van der Waals surface area contributed by atoms with Crippen LogP contribution in [0, 0.1) is 0 Å². The number of pyridine rings is 1. The highest BCUT2D eigenvalue weighted by Crippen LogP contribution is 2.12. The number of carbonyl (C=O) groups is 1. The maximum Gasteiger partial charge on any atom is 0.229 e. The van der Waals surface area contributed by atoms with Gasteiger partial charge in [-0.2, -0.15) is 5.10 Å². The summed E-state index contributed by atoms with van der Waals surface area (Å²) < 4.78 is 6.93. The second kappa shape index (κ2) is 8.10. The number of methoxy groups -OCH3 is 1. The standard InChI is InChI=1S/C19H20N4O2/c1-25-17-4-2-16(3-5-17)14-19(24)21-18-9-13-23(22-18)12-8-15-6-10-20-11-7-15/h2-7,9-11,13H,8,12,14H2,1H3,(H,21,22,24). The van der Waals surface area contributed by atoms with Gasteiger partial charge in [-0.1, -0.05) is 12.1 Å². The van der Waals surface area contributed by atoms with E-state index in [2.05, 4.69) is 15.4 Å². The minimum absolute atomic E-state index is 0.0930. The fourth-order valence-corrected chi connectivity index (χ4v) is 2.46. The first-order valence-electron chi connectivity index (χ1n) is 8.08. The lowest BCUT2D eigenvalue weighted by molar-refractivity contribution is -0.115. The number of carbonyl (C=O) groups excluding carboxylic acids is 1. The highest BCUT2D eigenvalue weighted by atomic mass is 16.5. The summed E-state index contributed by atoms with van der Waals surface area (Å²) >= 11 is 0. The number of nitrogens with zero attached hydrogens (tertiary/aromatic N) is 3. The van der Waals surface area contributed by atoms with Crippen LogP contribution in [0.15, 0.2) is 61.1 Å². The van der Waals surface area contributed by atoms with Crippen LogP contribution in [0.4, 0.5) is 5.82 Å². The van der Waals surface area contributed by atoms with Gasteiger partial charge in [0.15, 0.2) is 5.82 Å². The smallest absolute Gasteiger partial charge is 0.229 e. The number of benzene rings is 1. The van der Waals surface area contributed by atoms with Crippen molar-refractivity contribution in [3.05, 3.63) is 72.2 Å². The van der Waals surface area contributed by atoms with Crippen molar-refractivity contribution >= 4 is 11.7 Å². The van der Waals surface area contributed by atoms with E-state index in [1.807, 2.05) is 47.3 Å². The van der Waals surface area contributed by atoms with Crippen LogP contribution in [0.2, 0.25) is 0 Å². The van der Waals surface area contributed by atoms with Gasteiger partial charge in [-0.3, -0.25) is 14.5 Å². The van der Waals surface area contributed by atoms with E-state index in [0.717, 1.165) is 24.3 Å². The summed E-state index contributed by atoms with van der Waals surface area (Å²) in [6.07, 6.45) is 6.59. The number of aryl methyl sites for hydroxylation is 2. The normalized spacial score (nSPS) is 10.4. The Hall–Kier alpha value is -3.15. The third kappa shape index (κ3) is 4.91. The molecule has 1 amide bonds. The van der Waals surface area contributed by atoms with Crippen LogP contribution < -0.4 is 10.1 Å². The third-order valence-corrected chi connectivity index (χ3v) is 3.81. The summed E-state index contributed by atoms with van der Waals surface area (Å²) in [6.45, 7) is 0.748. The SMILES string of the molecule is COc1ccc(CC(=O)Nc2ccn(CCc3ccncc3)n2)cc1. The van der Waals surface area contributed by atoms with Gasteiger partial charge in [0.2, 0.25) is 5.91 Å². The fraction of sp³-hybridized carbons (Fsp3) is 0.211. The number of nitrogens with one attached hydrogen (secondary N) is 1. The summed E-state index contributed by atoms with van der Waals surface area (Å²) in [6, 6.07) is 13.2. The first-order valence-corrected chi connectivity index (χ1v) is 8.08. The van der Waals surface area contributed by atoms with Crippen LogP contribution >= 0.6 is 0 Å². The van der Waals surface area contributed by atoms with Gasteiger partial charge in [0.1, 0.15) is 5.75 Å². The molecule has 6 heteroatoms. The quantitative estimate of drug-likeness (QED) is 0.720. The maximum atomic E-state index is 12.1. The molecule has 3 rings (SSSR count). The van der Waals surface area contributed by atoms with E-state index < -0.39 is 0 Å². The van der Waals surface area contributed by atoms with Crippen LogP contribution in [0.3, 0.4) is 0 Å². The van der Waals surface area contributed by atoms with E-state index in [-0.39, 0.29) is 5.91 Å². The Labute approximate surface area is 146 Å². The van der Waals surface area contributed by atoms with Crippen LogP contribution in [0.1, 0.15) is 11.1 Å². The number of aromatic nitrogens is 3. The van der Waals surface area contributed by atoms with Crippen molar-refractivity contribution in [3.63, 3.8) is 0 Å². The Morgan fingerprint density at radius 2 is 1.84 bits per heavy atom. The van der Waals surface area contributed by atoms with Crippen molar-refractivity contribution in [3.8, 4) is 5.75 Å². The van der Waals surface area contributed by atoms with E-state index >= 15 is 0 Å². The van der Waals surface area contributed by atoms with Crippen molar-refractivity contribution in [2.45, 2.75) is 19.4 Å². The molecule has 0 fully saturated rings. The molecule has 0 spiro atoms. The van der Waals surface area contributed by atoms with Crippen molar-refractivity contribution < 1.29 is 9.53 Å². The molecule has 0 saturated heterocycles. The Morgan fingerprint density at radius 3 is 2.56 bits per heavy atom. The van der Waals surface area contributed by atoms with Crippen LogP contribution in [-0.2, 0) is 24.2 Å². The predicted octanol–water partition coefficient (Wildman–Crippen LogP) is 2.71. The van der Waals surface area contributed by atoms with Gasteiger partial charge in [0.05, 0.1) is 13.5 Å². The average molecular weight is 336 g/mol. The molecule has 1 aromatic carbocycles. The fourth-order valence-electron chi connectivity index (χ4n) is 2.46. The molecule has 128 valence electrons. The van der Waals surface area contributed by atoms with Crippen LogP contribution in [0.25, 0.3) is 0 Å². The number of hydrogen-bond acceptors (Lipinski definition) is 4. The van der Waals surface area contributed by atoms with Crippen LogP contribution in [0.5, 0.6) is 5.75 Å². The van der Waals surface area contributed by atoms with Crippen molar-refractivity contribution in [2.75, 3.05) is 12.4 Å². The van der Waals surface area contributed by atoms with Crippen molar-refractivity contribution in [1.29, 1.82) is 0 Å². The van der Waals surface area contributed by atoms with Gasteiger partial charge in [0, 0.05) is 31.2 Å². The highest BCUT2D eigenvalue weighted by molar-refractivity contribution is 5.91. The first kappa shape index (κ1) is 16.7. The van der Waals surface area contributed by atoms with E-state index in [0.29, 0.717) is 12.2 Å². The topological polar surface area (TPSA) is 69.0 Å². The second-order valence-corrected chi connectivity index (χ2v) is 5.64. The summed E-state index contributed by atoms with van der Waals surface area (Å²) in [5.74, 6) is 1.25. The lowest BCUT2D eigenvalue weighted by Crippen LogP contribution is -2.15. The highest BCUT2D eigenvalue weighted by Gasteiger charge is 2.07. The molecule has 3 aromatic rings. The second-order valence-electron chi connectivity index (χ2n) is 5.64. The zero-order valence-corrected chi connectivity index (χ0v) is 14.1. The zero-order valence-electron chi connectivity index (χ0n) is 14.1. The number of ether oxygens (including phenoxy) is 1. The maximum absolute atomic E-state index is 12.1. The average Bonchev–Trinajstić information content (AvgIpc) is 3.08. The van der Waals surface area contributed by atoms with Gasteiger partial charge in [-0.05, 0) is 41.8 Å². The molecule has 0 atom stereocenters. The Morgan fingerprint density at radius 1 is 1.08 bits per heavy atom. The van der Waals surface area contributed by atoms with Gasteiger partial charge < -0.3 is 10.1 Å². The zero-order chi connectivity index (χ0) is 17.5. The molecule has 0 aliphatic rings. The molecule has 0 saturated carbocycles. The summed E-state index contributed by atoms with van der Waals surface area (Å²) in [4.78, 5) is 16.1. The van der Waals surface area contributed by atoms with Crippen LogP contribution in [-0.4, -0.2) is 27.8 Å². The molecule has 0 bridgehead atoms. The van der Waals surface area contributed by atoms with E-state index in [1.165, 1.54) is 5.56 Å². The first-order chi connectivity index (χ1) is 12.2. The molecular formula is C19H20N4O2. The van der Waals surface area contributed by atoms with E-state index in [1.54, 1.807) is 25.6 Å². The molecule has 6 nitrogen and oxygen atoms in total. The minimum Gasteiger partial charge on any atom is -0.497 e. The molecule has 1 N–H and O–H groups in total. The number of rotatable bonds is 7. The molecule has 0 unspecified atom stereocenters. The van der Waals surface area contributed by atoms with Crippen molar-refractivity contribution in [1.82, 2.24) is 14.8 Å². The third-order valence-electron chi connectivity index (χ3n) is 3.81. The van der Waals surface area contributed by atoms with Gasteiger partial charge in [-0.15, -0.1) is 0 Å². The molecule has 2 aromatic heterocycles. The Kier molecular flexibility index (Phi) is 5.41. The summed E-state index contributed by atoms with van der Waals surface area (Å²) in [7, 11) is 1.62. The molecular weight excluding hydrogens is 316 g/mol. The Bertz CT molecular complexity index is 813. The van der Waals surface area contributed by atoms with Gasteiger partial charge in [0.25, 0.3) is 0 Å². The lowest BCUT2D eigenvalue weighted by atomic mass is 10.1. The monoisotopic (exact) mass is 336 g/mol. The van der Waals surface area contributed by atoms with Crippen molar-refractivity contribution in [2.24, 2.45) is 0 Å². The molecule has 25 heavy (non-hydrogen) atoms. The molecule has 2 heterocycles. The van der Waals surface area contributed by atoms with Gasteiger partial charge in [-0.25, -0.2) is 0 Å². The number of amides is 1. The molecule has 0 aliphatic heterocycles. The predicted molar refractivity (Wildman–Crippen MR) is 95.5 cm³/mol. The minimum atomic E-state index is -0.0930. The Balaban J connectivity index is 1.50. The summed E-state index contributed by atoms with van der Waals surface area (Å²) in [5.41, 5.74) is 2.13. The summed E-state index contributed by atoms with van der Waals surface area (Å²) in [5, 5.41) is 7.21. The molecule has 0 radical (unpaired) electrons. The largest absolute Gasteiger partial charge is 0.497 e. The number of anilines is 1. The lowest BCUT2D eigenvalue weighted by Gasteiger charge is -2.04. The number of hydrogen-bond donors (Lipinski definition) is 1. The van der Waals surface area contributed by atoms with E-state index in [9.17, 15) is 4.79 Å².